The van der Waals surface area contributed by atoms with Crippen molar-refractivity contribution in [3.8, 4) is 0 Å². The maximum absolute atomic E-state index is 13.6. The van der Waals surface area contributed by atoms with Crippen LogP contribution in [0.4, 0.5) is 8.78 Å². The highest BCUT2D eigenvalue weighted by atomic mass is 19.2. The van der Waals surface area contributed by atoms with Crippen LogP contribution in [-0.4, -0.2) is 40.1 Å². The molecule has 1 fully saturated rings. The summed E-state index contributed by atoms with van der Waals surface area (Å²) in [4.78, 5) is 17.7. The van der Waals surface area contributed by atoms with Crippen LogP contribution in [0.3, 0.4) is 0 Å². The number of amides is 1. The lowest BCUT2D eigenvalue weighted by Gasteiger charge is -2.34. The van der Waals surface area contributed by atoms with Crippen molar-refractivity contribution in [3.63, 3.8) is 0 Å². The molecule has 0 spiro atoms. The third-order valence-electron chi connectivity index (χ3n) is 4.47. The summed E-state index contributed by atoms with van der Waals surface area (Å²) in [6, 6.07) is 3.33. The van der Waals surface area contributed by atoms with E-state index in [2.05, 4.69) is 15.5 Å². The summed E-state index contributed by atoms with van der Waals surface area (Å²) in [7, 11) is 0. The first-order valence-electron chi connectivity index (χ1n) is 8.33. The summed E-state index contributed by atoms with van der Waals surface area (Å²) in [6.45, 7) is 3.18. The summed E-state index contributed by atoms with van der Waals surface area (Å²) in [5.41, 5.74) is 0.521. The van der Waals surface area contributed by atoms with Gasteiger partial charge in [-0.1, -0.05) is 18.1 Å². The van der Waals surface area contributed by atoms with Gasteiger partial charge >= 0.3 is 0 Å². The molecule has 1 N–H and O–H groups in total. The van der Waals surface area contributed by atoms with Gasteiger partial charge in [0.15, 0.2) is 17.5 Å². The molecule has 1 saturated heterocycles. The molecular weight excluding hydrogens is 330 g/mol. The molecule has 0 radical (unpaired) electrons. The van der Waals surface area contributed by atoms with E-state index in [0.29, 0.717) is 30.9 Å². The maximum Gasteiger partial charge on any atom is 0.222 e. The smallest absolute Gasteiger partial charge is 0.222 e. The van der Waals surface area contributed by atoms with Crippen molar-refractivity contribution < 1.29 is 18.1 Å². The number of halogens is 2. The van der Waals surface area contributed by atoms with Gasteiger partial charge in [0.05, 0.1) is 6.04 Å². The molecule has 25 heavy (non-hydrogen) atoms. The molecule has 0 aliphatic carbocycles. The first-order chi connectivity index (χ1) is 12.1. The number of hydrogen-bond donors (Lipinski definition) is 1. The molecule has 1 aliphatic rings. The van der Waals surface area contributed by atoms with Crippen molar-refractivity contribution in [3.05, 3.63) is 47.6 Å². The lowest BCUT2D eigenvalue weighted by Crippen LogP contribution is -2.46. The van der Waals surface area contributed by atoms with Gasteiger partial charge in [-0.2, -0.15) is 4.98 Å². The van der Waals surface area contributed by atoms with Crippen LogP contribution < -0.4 is 5.32 Å². The Balaban J connectivity index is 1.73. The highest BCUT2D eigenvalue weighted by molar-refractivity contribution is 5.75. The molecule has 0 bridgehead atoms. The van der Waals surface area contributed by atoms with Crippen molar-refractivity contribution in [2.24, 2.45) is 0 Å². The van der Waals surface area contributed by atoms with Gasteiger partial charge in [0.1, 0.15) is 0 Å². The number of carbonyl (C=O) groups excluding carboxylic acids is 1. The number of aromatic nitrogens is 2. The van der Waals surface area contributed by atoms with Crippen LogP contribution >= 0.6 is 0 Å². The number of rotatable bonds is 5. The quantitative estimate of drug-likeness (QED) is 0.897. The van der Waals surface area contributed by atoms with E-state index in [1.165, 1.54) is 12.5 Å². The zero-order chi connectivity index (χ0) is 17.8. The Morgan fingerprint density at radius 1 is 1.36 bits per heavy atom. The van der Waals surface area contributed by atoms with Gasteiger partial charge < -0.3 is 14.7 Å². The van der Waals surface area contributed by atoms with Crippen molar-refractivity contribution in [1.82, 2.24) is 20.4 Å². The number of hydrogen-bond acceptors (Lipinski definition) is 5. The Labute approximate surface area is 144 Å². The molecule has 1 amide bonds. The second-order valence-corrected chi connectivity index (χ2v) is 6.07. The van der Waals surface area contributed by atoms with Crippen LogP contribution in [0.2, 0.25) is 0 Å². The Morgan fingerprint density at radius 2 is 2.12 bits per heavy atom. The molecule has 3 rings (SSSR count). The molecule has 134 valence electrons. The Morgan fingerprint density at radius 3 is 2.72 bits per heavy atom. The van der Waals surface area contributed by atoms with Crippen LogP contribution in [0.5, 0.6) is 0 Å². The van der Waals surface area contributed by atoms with E-state index in [1.807, 2.05) is 11.8 Å². The molecular formula is C17H20F2N4O2. The third kappa shape index (κ3) is 4.01. The zero-order valence-corrected chi connectivity index (χ0v) is 13.9. The summed E-state index contributed by atoms with van der Waals surface area (Å²) in [5, 5.41) is 7.22. The molecule has 0 saturated carbocycles. The number of likely N-dealkylation sites (tertiary alicyclic amines) is 1. The molecule has 1 aromatic carbocycles. The van der Waals surface area contributed by atoms with Crippen LogP contribution in [0, 0.1) is 11.6 Å². The largest absolute Gasteiger partial charge is 0.343 e. The summed E-state index contributed by atoms with van der Waals surface area (Å²) >= 11 is 0. The van der Waals surface area contributed by atoms with Gasteiger partial charge in [-0.3, -0.25) is 4.79 Å². The Hall–Kier alpha value is -2.35. The second-order valence-electron chi connectivity index (χ2n) is 6.07. The normalized spacial score (nSPS) is 16.8. The van der Waals surface area contributed by atoms with Gasteiger partial charge in [-0.25, -0.2) is 8.78 Å². The van der Waals surface area contributed by atoms with E-state index in [9.17, 15) is 13.6 Å². The highest BCUT2D eigenvalue weighted by Crippen LogP contribution is 2.24. The fourth-order valence-corrected chi connectivity index (χ4v) is 3.07. The molecule has 2 aromatic rings. The SMILES string of the molecule is CCC(=O)N1CCC(NC(c2ccc(F)c(F)c2)c2ncon2)CC1. The Bertz CT molecular complexity index is 715. The van der Waals surface area contributed by atoms with Gasteiger partial charge in [-0.05, 0) is 30.5 Å². The average Bonchev–Trinajstić information content (AvgIpc) is 3.16. The Kier molecular flexibility index (Phi) is 5.37. The van der Waals surface area contributed by atoms with Gasteiger partial charge in [-0.15, -0.1) is 0 Å². The van der Waals surface area contributed by atoms with Crippen molar-refractivity contribution in [2.75, 3.05) is 13.1 Å². The lowest BCUT2D eigenvalue weighted by atomic mass is 10.00. The summed E-state index contributed by atoms with van der Waals surface area (Å²) in [6.07, 6.45) is 3.23. The molecule has 6 nitrogen and oxygen atoms in total. The van der Waals surface area contributed by atoms with E-state index in [4.69, 9.17) is 4.52 Å². The standard InChI is InChI=1S/C17H20F2N4O2/c1-2-15(24)23-7-5-12(6-8-23)21-16(17-20-10-25-22-17)11-3-4-13(18)14(19)9-11/h3-4,9-10,12,16,21H,2,5-8H2,1H3. The van der Waals surface area contributed by atoms with Gasteiger partial charge in [0.2, 0.25) is 12.3 Å². The lowest BCUT2D eigenvalue weighted by molar-refractivity contribution is -0.131. The monoisotopic (exact) mass is 350 g/mol. The summed E-state index contributed by atoms with van der Waals surface area (Å²) < 4.78 is 31.7. The van der Waals surface area contributed by atoms with Crippen molar-refractivity contribution in [2.45, 2.75) is 38.3 Å². The van der Waals surface area contributed by atoms with Crippen LogP contribution in [-0.2, 0) is 4.79 Å². The molecule has 1 aromatic heterocycles. The summed E-state index contributed by atoms with van der Waals surface area (Å²) in [5.74, 6) is -1.31. The van der Waals surface area contributed by atoms with Crippen molar-refractivity contribution in [1.29, 1.82) is 0 Å². The van der Waals surface area contributed by atoms with Gasteiger partial charge in [0, 0.05) is 25.6 Å². The predicted octanol–water partition coefficient (Wildman–Crippen LogP) is 2.43. The number of nitrogens with one attached hydrogen (secondary N) is 1. The van der Waals surface area contributed by atoms with E-state index < -0.39 is 17.7 Å². The van der Waals surface area contributed by atoms with E-state index in [0.717, 1.165) is 25.0 Å². The van der Waals surface area contributed by atoms with E-state index in [1.54, 1.807) is 0 Å². The third-order valence-corrected chi connectivity index (χ3v) is 4.47. The molecule has 2 heterocycles. The van der Waals surface area contributed by atoms with E-state index in [-0.39, 0.29) is 11.9 Å². The second kappa shape index (κ2) is 7.69. The molecule has 8 heteroatoms. The fourth-order valence-electron chi connectivity index (χ4n) is 3.07. The number of nitrogens with zero attached hydrogens (tertiary/aromatic N) is 3. The minimum absolute atomic E-state index is 0.109. The minimum Gasteiger partial charge on any atom is -0.343 e. The number of piperidine rings is 1. The predicted molar refractivity (Wildman–Crippen MR) is 85.5 cm³/mol. The zero-order valence-electron chi connectivity index (χ0n) is 13.9. The molecule has 1 unspecified atom stereocenters. The van der Waals surface area contributed by atoms with E-state index >= 15 is 0 Å². The highest BCUT2D eigenvalue weighted by Gasteiger charge is 2.27. The van der Waals surface area contributed by atoms with Crippen LogP contribution in [0.1, 0.15) is 43.6 Å². The number of benzene rings is 1. The molecule has 1 aliphatic heterocycles. The maximum atomic E-state index is 13.6. The minimum atomic E-state index is -0.920. The van der Waals surface area contributed by atoms with Gasteiger partial charge in [0.25, 0.3) is 0 Å². The fraction of sp³-hybridized carbons (Fsp3) is 0.471. The number of carbonyl (C=O) groups is 1. The van der Waals surface area contributed by atoms with Crippen LogP contribution in [0.15, 0.2) is 29.1 Å². The molecule has 1 atom stereocenters. The first-order valence-corrected chi connectivity index (χ1v) is 8.33. The average molecular weight is 350 g/mol. The van der Waals surface area contributed by atoms with Crippen molar-refractivity contribution >= 4 is 5.91 Å². The topological polar surface area (TPSA) is 71.3 Å². The van der Waals surface area contributed by atoms with Crippen LogP contribution in [0.25, 0.3) is 0 Å². The first kappa shape index (κ1) is 17.5.